The normalized spacial score (nSPS) is 10.1. The minimum absolute atomic E-state index is 0.0322. The van der Waals surface area contributed by atoms with E-state index in [-0.39, 0.29) is 11.6 Å². The van der Waals surface area contributed by atoms with Crippen molar-refractivity contribution in [3.63, 3.8) is 0 Å². The molecule has 1 rings (SSSR count). The minimum Gasteiger partial charge on any atom is -0.340 e. The molecule has 1 amide bonds. The van der Waals surface area contributed by atoms with Gasteiger partial charge in [0.15, 0.2) is 0 Å². The van der Waals surface area contributed by atoms with E-state index in [1.165, 1.54) is 36.3 Å². The summed E-state index contributed by atoms with van der Waals surface area (Å²) in [5.41, 5.74) is 3.01. The van der Waals surface area contributed by atoms with Crippen molar-refractivity contribution < 1.29 is 14.6 Å². The van der Waals surface area contributed by atoms with Crippen LogP contribution in [0.15, 0.2) is 24.3 Å². The molecule has 0 aliphatic rings. The average molecular weight is 253 g/mol. The van der Waals surface area contributed by atoms with Gasteiger partial charge in [0.25, 0.3) is 11.6 Å². The van der Waals surface area contributed by atoms with Crippen molar-refractivity contribution in [2.75, 3.05) is 27.2 Å². The van der Waals surface area contributed by atoms with Crippen LogP contribution in [0.1, 0.15) is 10.4 Å². The molecule has 7 heteroatoms. The molecule has 0 saturated heterocycles. The van der Waals surface area contributed by atoms with Crippen molar-refractivity contribution in [3.8, 4) is 0 Å². The molecule has 1 aromatic carbocycles. The van der Waals surface area contributed by atoms with Crippen molar-refractivity contribution in [1.29, 1.82) is 0 Å². The van der Waals surface area contributed by atoms with Crippen molar-refractivity contribution >= 4 is 11.6 Å². The topological polar surface area (TPSA) is 84.7 Å². The van der Waals surface area contributed by atoms with Gasteiger partial charge in [-0.3, -0.25) is 14.9 Å². The molecule has 0 radical (unpaired) electrons. The van der Waals surface area contributed by atoms with E-state index in [1.54, 1.807) is 7.05 Å². The molecule has 0 heterocycles. The zero-order valence-electron chi connectivity index (χ0n) is 10.3. The minimum atomic E-state index is -0.500. The average Bonchev–Trinajstić information content (AvgIpc) is 2.38. The molecular weight excluding hydrogens is 238 g/mol. The zero-order valence-corrected chi connectivity index (χ0v) is 10.3. The molecule has 0 aromatic heterocycles. The summed E-state index contributed by atoms with van der Waals surface area (Å²) in [5, 5.41) is 10.5. The maximum atomic E-state index is 11.9. The van der Waals surface area contributed by atoms with Crippen LogP contribution in [0.3, 0.4) is 0 Å². The highest BCUT2D eigenvalue weighted by atomic mass is 16.6. The summed E-state index contributed by atoms with van der Waals surface area (Å²) in [6.07, 6.45) is 0. The summed E-state index contributed by atoms with van der Waals surface area (Å²) in [7, 11) is 3.15. The molecule has 1 aromatic rings. The van der Waals surface area contributed by atoms with Crippen LogP contribution in [0.25, 0.3) is 0 Å². The lowest BCUT2D eigenvalue weighted by Crippen LogP contribution is -2.33. The highest BCUT2D eigenvalue weighted by Gasteiger charge is 2.13. The van der Waals surface area contributed by atoms with Gasteiger partial charge in [0, 0.05) is 37.8 Å². The van der Waals surface area contributed by atoms with Crippen molar-refractivity contribution in [2.45, 2.75) is 0 Å². The second-order valence-electron chi connectivity index (χ2n) is 3.63. The predicted octanol–water partition coefficient (Wildman–Crippen LogP) is 0.818. The fourth-order valence-corrected chi connectivity index (χ4v) is 1.36. The van der Waals surface area contributed by atoms with E-state index in [2.05, 4.69) is 10.3 Å². The molecule has 18 heavy (non-hydrogen) atoms. The number of rotatable bonds is 6. The number of nitrogens with one attached hydrogen (secondary N) is 1. The van der Waals surface area contributed by atoms with Gasteiger partial charge in [0.2, 0.25) is 0 Å². The molecule has 0 saturated carbocycles. The third-order valence-corrected chi connectivity index (χ3v) is 2.37. The van der Waals surface area contributed by atoms with Gasteiger partial charge >= 0.3 is 0 Å². The van der Waals surface area contributed by atoms with Gasteiger partial charge in [-0.05, 0) is 12.1 Å². The van der Waals surface area contributed by atoms with E-state index in [9.17, 15) is 14.9 Å². The third-order valence-electron chi connectivity index (χ3n) is 2.37. The molecule has 7 nitrogen and oxygen atoms in total. The second-order valence-corrected chi connectivity index (χ2v) is 3.63. The smallest absolute Gasteiger partial charge is 0.269 e. The van der Waals surface area contributed by atoms with E-state index in [4.69, 9.17) is 0 Å². The summed E-state index contributed by atoms with van der Waals surface area (Å²) < 4.78 is 0. The Kier molecular flexibility index (Phi) is 5.22. The molecule has 0 fully saturated rings. The third kappa shape index (κ3) is 3.79. The molecule has 0 aliphatic heterocycles. The molecule has 0 atom stereocenters. The SMILES string of the molecule is CONCCN(C)C(=O)c1ccc([N+](=O)[O-])cc1. The molecule has 98 valence electrons. The van der Waals surface area contributed by atoms with Crippen LogP contribution in [-0.2, 0) is 4.84 Å². The number of non-ortho nitro benzene ring substituents is 1. The molecule has 1 N–H and O–H groups in total. The molecule has 0 aliphatic carbocycles. The molecule has 0 bridgehead atoms. The van der Waals surface area contributed by atoms with E-state index in [0.717, 1.165) is 0 Å². The van der Waals surface area contributed by atoms with E-state index < -0.39 is 4.92 Å². The Morgan fingerprint density at radius 3 is 2.56 bits per heavy atom. The van der Waals surface area contributed by atoms with Crippen molar-refractivity contribution in [1.82, 2.24) is 10.4 Å². The van der Waals surface area contributed by atoms with Gasteiger partial charge in [-0.2, -0.15) is 0 Å². The van der Waals surface area contributed by atoms with Gasteiger partial charge in [0.1, 0.15) is 0 Å². The lowest BCUT2D eigenvalue weighted by Gasteiger charge is -2.16. The molecule has 0 spiro atoms. The van der Waals surface area contributed by atoms with Gasteiger partial charge in [-0.25, -0.2) is 5.48 Å². The highest BCUT2D eigenvalue weighted by molar-refractivity contribution is 5.94. The number of carbonyl (C=O) groups is 1. The van der Waals surface area contributed by atoms with E-state index in [1.807, 2.05) is 0 Å². The van der Waals surface area contributed by atoms with Gasteiger partial charge in [-0.15, -0.1) is 0 Å². The standard InChI is InChI=1S/C11H15N3O4/c1-13(8-7-12-18-2)11(15)9-3-5-10(6-4-9)14(16)17/h3-6,12H,7-8H2,1-2H3. The van der Waals surface area contributed by atoms with Gasteiger partial charge in [0.05, 0.1) is 12.0 Å². The largest absolute Gasteiger partial charge is 0.340 e. The predicted molar refractivity (Wildman–Crippen MR) is 65.1 cm³/mol. The van der Waals surface area contributed by atoms with Crippen LogP contribution in [0, 0.1) is 10.1 Å². The Balaban J connectivity index is 2.63. The maximum Gasteiger partial charge on any atom is 0.269 e. The number of nitro groups is 1. The highest BCUT2D eigenvalue weighted by Crippen LogP contribution is 2.12. The first-order chi connectivity index (χ1) is 8.56. The summed E-state index contributed by atoms with van der Waals surface area (Å²) >= 11 is 0. The number of hydroxylamine groups is 1. The number of benzene rings is 1. The first kappa shape index (κ1) is 14.1. The lowest BCUT2D eigenvalue weighted by molar-refractivity contribution is -0.384. The maximum absolute atomic E-state index is 11.9. The van der Waals surface area contributed by atoms with Crippen LogP contribution in [0.2, 0.25) is 0 Å². The fourth-order valence-electron chi connectivity index (χ4n) is 1.36. The summed E-state index contributed by atoms with van der Waals surface area (Å²) in [6.45, 7) is 0.982. The van der Waals surface area contributed by atoms with Crippen molar-refractivity contribution in [3.05, 3.63) is 39.9 Å². The summed E-state index contributed by atoms with van der Waals surface area (Å²) in [5.74, 6) is -0.192. The Labute approximate surface area is 104 Å². The van der Waals surface area contributed by atoms with Crippen LogP contribution in [0.4, 0.5) is 5.69 Å². The van der Waals surface area contributed by atoms with Gasteiger partial charge < -0.3 is 9.74 Å². The molecular formula is C11H15N3O4. The zero-order chi connectivity index (χ0) is 13.5. The number of nitro benzene ring substituents is 1. The Bertz CT molecular complexity index is 419. The number of hydrogen-bond donors (Lipinski definition) is 1. The van der Waals surface area contributed by atoms with Gasteiger partial charge in [-0.1, -0.05) is 0 Å². The molecule has 0 unspecified atom stereocenters. The lowest BCUT2D eigenvalue weighted by atomic mass is 10.2. The van der Waals surface area contributed by atoms with E-state index in [0.29, 0.717) is 18.7 Å². The summed E-state index contributed by atoms with van der Waals surface area (Å²) in [6, 6.07) is 5.52. The number of amides is 1. The quantitative estimate of drug-likeness (QED) is 0.461. The first-order valence-corrected chi connectivity index (χ1v) is 5.32. The van der Waals surface area contributed by atoms with Crippen LogP contribution >= 0.6 is 0 Å². The van der Waals surface area contributed by atoms with E-state index >= 15 is 0 Å². The number of carbonyl (C=O) groups excluding carboxylic acids is 1. The monoisotopic (exact) mass is 253 g/mol. The fraction of sp³-hybridized carbons (Fsp3) is 0.364. The van der Waals surface area contributed by atoms with Crippen LogP contribution in [-0.4, -0.2) is 43.0 Å². The second kappa shape index (κ2) is 6.67. The van der Waals surface area contributed by atoms with Crippen molar-refractivity contribution in [2.24, 2.45) is 0 Å². The van der Waals surface area contributed by atoms with Crippen LogP contribution < -0.4 is 5.48 Å². The Morgan fingerprint density at radius 1 is 1.44 bits per heavy atom. The summed E-state index contributed by atoms with van der Waals surface area (Å²) in [4.78, 5) is 28.1. The number of nitrogens with zero attached hydrogens (tertiary/aromatic N) is 2. The Hall–Kier alpha value is -1.99. The first-order valence-electron chi connectivity index (χ1n) is 5.32. The number of hydrogen-bond acceptors (Lipinski definition) is 5. The Morgan fingerprint density at radius 2 is 2.06 bits per heavy atom. The number of likely N-dealkylation sites (N-methyl/N-ethyl adjacent to an activating group) is 1. The van der Waals surface area contributed by atoms with Crippen LogP contribution in [0.5, 0.6) is 0 Å².